The molecule has 1 fully saturated rings. The Kier molecular flexibility index (Phi) is 5.52. The maximum atomic E-state index is 13.1. The monoisotopic (exact) mass is 443 g/mol. The molecule has 4 aromatic rings. The first kappa shape index (κ1) is 20.7. The van der Waals surface area contributed by atoms with Gasteiger partial charge in [-0.15, -0.1) is 0 Å². The van der Waals surface area contributed by atoms with Crippen LogP contribution in [0, 0.1) is 5.82 Å². The minimum Gasteiger partial charge on any atom is -0.368 e. The zero-order chi connectivity index (χ0) is 22.8. The van der Waals surface area contributed by atoms with E-state index < -0.39 is 0 Å². The van der Waals surface area contributed by atoms with Crippen LogP contribution in [-0.2, 0) is 11.2 Å². The predicted octanol–water partition coefficient (Wildman–Crippen LogP) is 2.70. The van der Waals surface area contributed by atoms with E-state index in [0.717, 1.165) is 16.8 Å². The highest BCUT2D eigenvalue weighted by molar-refractivity contribution is 5.86. The number of aromatic nitrogens is 4. The number of carbonyl (C=O) groups excluding carboxylic acids is 1. The summed E-state index contributed by atoms with van der Waals surface area (Å²) in [7, 11) is 0. The molecule has 0 spiro atoms. The minimum absolute atomic E-state index is 0.0134. The molecular formula is C24H22FN7O. The van der Waals surface area contributed by atoms with Crippen molar-refractivity contribution in [2.24, 2.45) is 0 Å². The lowest BCUT2D eigenvalue weighted by atomic mass is 10.1. The number of amides is 1. The van der Waals surface area contributed by atoms with Gasteiger partial charge in [0.25, 0.3) is 0 Å². The fraction of sp³-hybridized carbons (Fsp3) is 0.208. The third-order valence-electron chi connectivity index (χ3n) is 5.68. The van der Waals surface area contributed by atoms with Gasteiger partial charge in [-0.1, -0.05) is 42.5 Å². The zero-order valence-corrected chi connectivity index (χ0v) is 17.9. The first-order valence-corrected chi connectivity index (χ1v) is 10.7. The number of hydrogen-bond acceptors (Lipinski definition) is 7. The average molecular weight is 443 g/mol. The van der Waals surface area contributed by atoms with Crippen molar-refractivity contribution in [2.75, 3.05) is 36.8 Å². The van der Waals surface area contributed by atoms with Gasteiger partial charge in [0.2, 0.25) is 11.9 Å². The number of halogens is 1. The molecule has 2 aromatic heterocycles. The minimum atomic E-state index is -0.310. The molecular weight excluding hydrogens is 421 g/mol. The van der Waals surface area contributed by atoms with Crippen LogP contribution in [0.2, 0.25) is 0 Å². The zero-order valence-electron chi connectivity index (χ0n) is 17.9. The number of nitrogens with zero attached hydrogens (tertiary/aromatic N) is 6. The van der Waals surface area contributed by atoms with Crippen molar-refractivity contribution in [3.05, 3.63) is 72.2 Å². The Balaban J connectivity index is 1.35. The molecule has 2 aromatic carbocycles. The number of nitrogen functional groups attached to an aromatic ring is 1. The van der Waals surface area contributed by atoms with E-state index in [1.807, 2.05) is 35.2 Å². The molecule has 1 aliphatic rings. The Labute approximate surface area is 189 Å². The number of rotatable bonds is 4. The molecule has 9 heteroatoms. The molecule has 0 saturated carbocycles. The number of benzene rings is 2. The smallest absolute Gasteiger partial charge is 0.227 e. The van der Waals surface area contributed by atoms with E-state index in [2.05, 4.69) is 19.9 Å². The highest BCUT2D eigenvalue weighted by Gasteiger charge is 2.24. The lowest BCUT2D eigenvalue weighted by molar-refractivity contribution is -0.130. The van der Waals surface area contributed by atoms with Crippen molar-refractivity contribution < 1.29 is 9.18 Å². The molecule has 3 heterocycles. The van der Waals surface area contributed by atoms with E-state index in [9.17, 15) is 9.18 Å². The van der Waals surface area contributed by atoms with Gasteiger partial charge in [0.1, 0.15) is 5.82 Å². The molecule has 0 unspecified atom stereocenters. The second-order valence-corrected chi connectivity index (χ2v) is 7.87. The van der Waals surface area contributed by atoms with E-state index in [-0.39, 0.29) is 24.1 Å². The maximum Gasteiger partial charge on any atom is 0.227 e. The number of hydrogen-bond donors (Lipinski definition) is 1. The Hall–Kier alpha value is -4.14. The van der Waals surface area contributed by atoms with E-state index >= 15 is 0 Å². The fourth-order valence-electron chi connectivity index (χ4n) is 3.93. The summed E-state index contributed by atoms with van der Waals surface area (Å²) in [5.41, 5.74) is 9.43. The Bertz CT molecular complexity index is 1290. The molecule has 2 N–H and O–H groups in total. The molecule has 33 heavy (non-hydrogen) atoms. The van der Waals surface area contributed by atoms with Crippen LogP contribution >= 0.6 is 0 Å². The van der Waals surface area contributed by atoms with Crippen molar-refractivity contribution in [1.82, 2.24) is 24.8 Å². The van der Waals surface area contributed by atoms with Crippen LogP contribution in [0.3, 0.4) is 0 Å². The van der Waals surface area contributed by atoms with Crippen LogP contribution in [0.5, 0.6) is 0 Å². The largest absolute Gasteiger partial charge is 0.368 e. The number of nitrogens with two attached hydrogens (primary N) is 1. The third kappa shape index (κ3) is 4.43. The molecule has 1 aliphatic heterocycles. The normalized spacial score (nSPS) is 14.0. The van der Waals surface area contributed by atoms with Gasteiger partial charge < -0.3 is 15.5 Å². The standard InChI is InChI=1S/C24H22FN7O/c25-18-8-6-16(7-9-18)14-20(33)31-10-12-32(13-11-31)23-21-22(29-24(26)30-23)27-15-19(28-21)17-4-2-1-3-5-17/h1-9,15H,10-14H2,(H2,26,27,29,30). The van der Waals surface area contributed by atoms with Crippen molar-refractivity contribution >= 4 is 28.8 Å². The Morgan fingerprint density at radius 3 is 2.39 bits per heavy atom. The van der Waals surface area contributed by atoms with E-state index in [1.54, 1.807) is 18.3 Å². The highest BCUT2D eigenvalue weighted by atomic mass is 19.1. The lowest BCUT2D eigenvalue weighted by Crippen LogP contribution is -2.49. The van der Waals surface area contributed by atoms with Crippen LogP contribution in [0.4, 0.5) is 16.2 Å². The quantitative estimate of drug-likeness (QED) is 0.517. The van der Waals surface area contributed by atoms with Crippen molar-refractivity contribution in [1.29, 1.82) is 0 Å². The first-order valence-electron chi connectivity index (χ1n) is 10.7. The molecule has 0 aliphatic carbocycles. The highest BCUT2D eigenvalue weighted by Crippen LogP contribution is 2.26. The van der Waals surface area contributed by atoms with Gasteiger partial charge in [0.15, 0.2) is 17.0 Å². The first-order chi connectivity index (χ1) is 16.1. The number of fused-ring (bicyclic) bond motifs is 1. The van der Waals surface area contributed by atoms with Gasteiger partial charge in [-0.2, -0.15) is 9.97 Å². The van der Waals surface area contributed by atoms with Crippen LogP contribution < -0.4 is 10.6 Å². The molecule has 1 saturated heterocycles. The molecule has 0 radical (unpaired) electrons. The Morgan fingerprint density at radius 1 is 0.939 bits per heavy atom. The second-order valence-electron chi connectivity index (χ2n) is 7.87. The summed E-state index contributed by atoms with van der Waals surface area (Å²) < 4.78 is 13.1. The van der Waals surface area contributed by atoms with E-state index in [0.29, 0.717) is 43.2 Å². The fourth-order valence-corrected chi connectivity index (χ4v) is 3.93. The van der Waals surface area contributed by atoms with Gasteiger partial charge in [-0.3, -0.25) is 4.79 Å². The molecule has 8 nitrogen and oxygen atoms in total. The summed E-state index contributed by atoms with van der Waals surface area (Å²) in [6.07, 6.45) is 1.93. The number of piperazine rings is 1. The molecule has 166 valence electrons. The van der Waals surface area contributed by atoms with Gasteiger partial charge in [-0.05, 0) is 17.7 Å². The van der Waals surface area contributed by atoms with E-state index in [1.165, 1.54) is 12.1 Å². The van der Waals surface area contributed by atoms with E-state index in [4.69, 9.17) is 10.7 Å². The SMILES string of the molecule is Nc1nc(N2CCN(C(=O)Cc3ccc(F)cc3)CC2)c2nc(-c3ccccc3)cnc2n1. The molecule has 5 rings (SSSR count). The summed E-state index contributed by atoms with van der Waals surface area (Å²) in [6.45, 7) is 2.24. The van der Waals surface area contributed by atoms with Crippen molar-refractivity contribution in [2.45, 2.75) is 6.42 Å². The predicted molar refractivity (Wildman–Crippen MR) is 124 cm³/mol. The summed E-state index contributed by atoms with van der Waals surface area (Å²) in [5.74, 6) is 0.455. The van der Waals surface area contributed by atoms with Crippen molar-refractivity contribution in [3.8, 4) is 11.3 Å². The summed E-state index contributed by atoms with van der Waals surface area (Å²) in [4.78, 5) is 34.5. The van der Waals surface area contributed by atoms with Crippen LogP contribution in [-0.4, -0.2) is 56.9 Å². The van der Waals surface area contributed by atoms with Gasteiger partial charge >= 0.3 is 0 Å². The summed E-state index contributed by atoms with van der Waals surface area (Å²) in [6, 6.07) is 15.8. The number of carbonyl (C=O) groups is 1. The van der Waals surface area contributed by atoms with Crippen LogP contribution in [0.1, 0.15) is 5.56 Å². The second kappa shape index (κ2) is 8.78. The molecule has 1 amide bonds. The van der Waals surface area contributed by atoms with Gasteiger partial charge in [0, 0.05) is 31.7 Å². The summed E-state index contributed by atoms with van der Waals surface area (Å²) in [5, 5.41) is 0. The van der Waals surface area contributed by atoms with Crippen LogP contribution in [0.15, 0.2) is 60.8 Å². The van der Waals surface area contributed by atoms with Gasteiger partial charge in [-0.25, -0.2) is 14.4 Å². The molecule has 0 bridgehead atoms. The summed E-state index contributed by atoms with van der Waals surface area (Å²) >= 11 is 0. The Morgan fingerprint density at radius 2 is 1.67 bits per heavy atom. The van der Waals surface area contributed by atoms with Crippen molar-refractivity contribution in [3.63, 3.8) is 0 Å². The maximum absolute atomic E-state index is 13.1. The van der Waals surface area contributed by atoms with Gasteiger partial charge in [0.05, 0.1) is 18.3 Å². The molecule has 0 atom stereocenters. The lowest BCUT2D eigenvalue weighted by Gasteiger charge is -2.35. The topological polar surface area (TPSA) is 101 Å². The van der Waals surface area contributed by atoms with Crippen LogP contribution in [0.25, 0.3) is 22.4 Å². The number of anilines is 2. The third-order valence-corrected chi connectivity index (χ3v) is 5.68. The average Bonchev–Trinajstić information content (AvgIpc) is 2.85.